The Labute approximate surface area is 106 Å². The van der Waals surface area contributed by atoms with E-state index in [1.54, 1.807) is 0 Å². The quantitative estimate of drug-likeness (QED) is 0.520. The topological polar surface area (TPSA) is 103 Å². The van der Waals surface area contributed by atoms with E-state index >= 15 is 0 Å². The monoisotopic (exact) mass is 259 g/mol. The zero-order valence-electron chi connectivity index (χ0n) is 10.6. The molecular formula is C11H21N3O4. The van der Waals surface area contributed by atoms with Gasteiger partial charge >= 0.3 is 6.09 Å². The molecule has 0 saturated carbocycles. The van der Waals surface area contributed by atoms with Gasteiger partial charge in [0, 0.05) is 6.04 Å². The predicted octanol–water partition coefficient (Wildman–Crippen LogP) is -0.787. The summed E-state index contributed by atoms with van der Waals surface area (Å²) in [6.45, 7) is 4.25. The average molecular weight is 259 g/mol. The summed E-state index contributed by atoms with van der Waals surface area (Å²) in [7, 11) is 0. The summed E-state index contributed by atoms with van der Waals surface area (Å²) in [6, 6.07) is 0.0574. The minimum atomic E-state index is -0.837. The summed E-state index contributed by atoms with van der Waals surface area (Å²) in [5.41, 5.74) is 4.80. The molecule has 104 valence electrons. The van der Waals surface area contributed by atoms with Gasteiger partial charge in [-0.3, -0.25) is 4.79 Å². The first-order valence-electron chi connectivity index (χ1n) is 6.16. The van der Waals surface area contributed by atoms with Gasteiger partial charge in [0.2, 0.25) is 5.91 Å². The molecule has 7 nitrogen and oxygen atoms in total. The second-order valence-corrected chi connectivity index (χ2v) is 4.16. The molecule has 1 heterocycles. The molecule has 0 radical (unpaired) electrons. The Kier molecular flexibility index (Phi) is 6.45. The Balaban J connectivity index is 2.24. The molecule has 0 aromatic rings. The lowest BCUT2D eigenvalue weighted by atomic mass is 10.0. The van der Waals surface area contributed by atoms with E-state index in [-0.39, 0.29) is 31.0 Å². The van der Waals surface area contributed by atoms with Crippen LogP contribution in [0.15, 0.2) is 0 Å². The van der Waals surface area contributed by atoms with E-state index in [1.165, 1.54) is 0 Å². The number of rotatable bonds is 7. The van der Waals surface area contributed by atoms with Gasteiger partial charge in [-0.05, 0) is 13.0 Å². The summed E-state index contributed by atoms with van der Waals surface area (Å²) in [5, 5.41) is 5.97. The standard InChI is InChI=1S/C11H21N3O4/c1-2-3-13-9-7-17-6-8(9)10(15)14-4-5-18-11(12)16/h8-9,13H,2-7H2,1H3,(H2,12,16)(H,14,15). The Morgan fingerprint density at radius 3 is 2.83 bits per heavy atom. The van der Waals surface area contributed by atoms with Crippen molar-refractivity contribution in [2.45, 2.75) is 19.4 Å². The molecule has 0 aromatic heterocycles. The van der Waals surface area contributed by atoms with Crippen LogP contribution in [-0.2, 0) is 14.3 Å². The smallest absolute Gasteiger partial charge is 0.404 e. The van der Waals surface area contributed by atoms with E-state index in [0.717, 1.165) is 13.0 Å². The van der Waals surface area contributed by atoms with Gasteiger partial charge in [0.15, 0.2) is 0 Å². The number of amides is 2. The molecule has 7 heteroatoms. The Morgan fingerprint density at radius 2 is 2.17 bits per heavy atom. The molecule has 1 aliphatic rings. The number of primary amides is 1. The van der Waals surface area contributed by atoms with Crippen molar-refractivity contribution in [3.63, 3.8) is 0 Å². The number of hydrogen-bond donors (Lipinski definition) is 3. The van der Waals surface area contributed by atoms with Crippen molar-refractivity contribution in [1.82, 2.24) is 10.6 Å². The van der Waals surface area contributed by atoms with Crippen LogP contribution in [0.2, 0.25) is 0 Å². The maximum atomic E-state index is 11.9. The second-order valence-electron chi connectivity index (χ2n) is 4.16. The lowest BCUT2D eigenvalue weighted by molar-refractivity contribution is -0.125. The molecule has 1 fully saturated rings. The third-order valence-electron chi connectivity index (χ3n) is 2.72. The van der Waals surface area contributed by atoms with Crippen LogP contribution in [0.3, 0.4) is 0 Å². The van der Waals surface area contributed by atoms with Gasteiger partial charge in [0.05, 0.1) is 25.7 Å². The molecule has 0 aromatic carbocycles. The first-order valence-corrected chi connectivity index (χ1v) is 6.16. The molecule has 2 unspecified atom stereocenters. The fourth-order valence-electron chi connectivity index (χ4n) is 1.80. The zero-order valence-corrected chi connectivity index (χ0v) is 10.6. The fourth-order valence-corrected chi connectivity index (χ4v) is 1.80. The highest BCUT2D eigenvalue weighted by molar-refractivity contribution is 5.79. The van der Waals surface area contributed by atoms with E-state index in [4.69, 9.17) is 10.5 Å². The van der Waals surface area contributed by atoms with Crippen LogP contribution >= 0.6 is 0 Å². The largest absolute Gasteiger partial charge is 0.448 e. The van der Waals surface area contributed by atoms with E-state index in [0.29, 0.717) is 13.2 Å². The van der Waals surface area contributed by atoms with Crippen molar-refractivity contribution in [1.29, 1.82) is 0 Å². The normalized spacial score (nSPS) is 22.7. The Bertz CT molecular complexity index is 285. The van der Waals surface area contributed by atoms with Gasteiger partial charge in [-0.2, -0.15) is 0 Å². The molecule has 0 aliphatic carbocycles. The molecule has 0 spiro atoms. The molecule has 1 rings (SSSR count). The highest BCUT2D eigenvalue weighted by atomic mass is 16.5. The van der Waals surface area contributed by atoms with Crippen LogP contribution < -0.4 is 16.4 Å². The van der Waals surface area contributed by atoms with Crippen molar-refractivity contribution in [3.05, 3.63) is 0 Å². The molecule has 18 heavy (non-hydrogen) atoms. The molecule has 0 bridgehead atoms. The van der Waals surface area contributed by atoms with Crippen LogP contribution in [0.4, 0.5) is 4.79 Å². The zero-order chi connectivity index (χ0) is 13.4. The van der Waals surface area contributed by atoms with Gasteiger partial charge < -0.3 is 25.8 Å². The number of nitrogens with one attached hydrogen (secondary N) is 2. The van der Waals surface area contributed by atoms with Crippen molar-refractivity contribution >= 4 is 12.0 Å². The van der Waals surface area contributed by atoms with Crippen LogP contribution in [0.5, 0.6) is 0 Å². The molecule has 2 atom stereocenters. The van der Waals surface area contributed by atoms with Crippen LogP contribution in [0.1, 0.15) is 13.3 Å². The third-order valence-corrected chi connectivity index (χ3v) is 2.72. The number of ether oxygens (including phenoxy) is 2. The van der Waals surface area contributed by atoms with Crippen molar-refractivity contribution in [2.75, 3.05) is 32.9 Å². The number of hydrogen-bond acceptors (Lipinski definition) is 5. The SMILES string of the molecule is CCCNC1COCC1C(=O)NCCOC(N)=O. The van der Waals surface area contributed by atoms with Gasteiger partial charge in [0.25, 0.3) is 0 Å². The van der Waals surface area contributed by atoms with Gasteiger partial charge in [0.1, 0.15) is 6.61 Å². The van der Waals surface area contributed by atoms with Crippen LogP contribution in [-0.4, -0.2) is 51.0 Å². The molecule has 4 N–H and O–H groups in total. The molecule has 1 aliphatic heterocycles. The summed E-state index contributed by atoms with van der Waals surface area (Å²) in [4.78, 5) is 22.2. The Morgan fingerprint density at radius 1 is 1.39 bits per heavy atom. The predicted molar refractivity (Wildman–Crippen MR) is 64.9 cm³/mol. The second kappa shape index (κ2) is 7.88. The Hall–Kier alpha value is -1.34. The lowest BCUT2D eigenvalue weighted by Gasteiger charge is -2.18. The number of nitrogens with two attached hydrogens (primary N) is 1. The summed E-state index contributed by atoms with van der Waals surface area (Å²) in [5.74, 6) is -0.278. The van der Waals surface area contributed by atoms with Crippen LogP contribution in [0.25, 0.3) is 0 Å². The van der Waals surface area contributed by atoms with E-state index in [2.05, 4.69) is 22.3 Å². The number of carbonyl (C=O) groups is 2. The maximum Gasteiger partial charge on any atom is 0.404 e. The first kappa shape index (κ1) is 14.7. The minimum absolute atomic E-state index is 0.0574. The maximum absolute atomic E-state index is 11.9. The van der Waals surface area contributed by atoms with E-state index in [9.17, 15) is 9.59 Å². The highest BCUT2D eigenvalue weighted by Gasteiger charge is 2.33. The summed E-state index contributed by atoms with van der Waals surface area (Å²) in [6.07, 6.45) is 0.174. The van der Waals surface area contributed by atoms with E-state index < -0.39 is 6.09 Å². The van der Waals surface area contributed by atoms with Gasteiger partial charge in [-0.1, -0.05) is 6.92 Å². The lowest BCUT2D eigenvalue weighted by Crippen LogP contribution is -2.45. The van der Waals surface area contributed by atoms with Gasteiger partial charge in [-0.15, -0.1) is 0 Å². The minimum Gasteiger partial charge on any atom is -0.448 e. The van der Waals surface area contributed by atoms with Crippen LogP contribution in [0, 0.1) is 5.92 Å². The first-order chi connectivity index (χ1) is 8.65. The van der Waals surface area contributed by atoms with Crippen molar-refractivity contribution in [2.24, 2.45) is 11.7 Å². The average Bonchev–Trinajstić information content (AvgIpc) is 2.79. The van der Waals surface area contributed by atoms with Gasteiger partial charge in [-0.25, -0.2) is 4.79 Å². The van der Waals surface area contributed by atoms with Crippen molar-refractivity contribution in [3.8, 4) is 0 Å². The summed E-state index contributed by atoms with van der Waals surface area (Å²) < 4.78 is 9.83. The fraction of sp³-hybridized carbons (Fsp3) is 0.818. The molecule has 2 amide bonds. The molecule has 1 saturated heterocycles. The third kappa shape index (κ3) is 4.89. The van der Waals surface area contributed by atoms with Crippen molar-refractivity contribution < 1.29 is 19.1 Å². The summed E-state index contributed by atoms with van der Waals surface area (Å²) >= 11 is 0. The van der Waals surface area contributed by atoms with E-state index in [1.807, 2.05) is 0 Å². The molecular weight excluding hydrogens is 238 g/mol. The number of carbonyl (C=O) groups excluding carboxylic acids is 2. The highest BCUT2D eigenvalue weighted by Crippen LogP contribution is 2.13.